The summed E-state index contributed by atoms with van der Waals surface area (Å²) in [4.78, 5) is 0. The standard InChI is InChI=1S/C26H32O/c1-3-5-6-19-27-20-22-9-13-24(14-10-22)26-17-15-25(16-18-26)23-11-7-21(4-2)8-12-23/h4-6,9-10,13-18,21,23H,2-3,7-8,11-12,19-20H2,1H3/t21-,23-. The third-order valence-corrected chi connectivity index (χ3v) is 5.66. The molecule has 0 aromatic heterocycles. The Balaban J connectivity index is 1.55. The van der Waals surface area contributed by atoms with E-state index >= 15 is 0 Å². The molecule has 0 N–H and O–H groups in total. The number of benzene rings is 2. The zero-order valence-electron chi connectivity index (χ0n) is 16.6. The van der Waals surface area contributed by atoms with E-state index in [2.05, 4.69) is 80.3 Å². The van der Waals surface area contributed by atoms with Gasteiger partial charge in [-0.25, -0.2) is 0 Å². The Morgan fingerprint density at radius 2 is 1.52 bits per heavy atom. The van der Waals surface area contributed by atoms with Gasteiger partial charge in [-0.2, -0.15) is 0 Å². The number of rotatable bonds is 8. The maximum atomic E-state index is 5.67. The predicted octanol–water partition coefficient (Wildman–Crippen LogP) is 7.30. The van der Waals surface area contributed by atoms with E-state index in [0.717, 1.165) is 18.3 Å². The van der Waals surface area contributed by atoms with Crippen LogP contribution in [-0.2, 0) is 11.3 Å². The third kappa shape index (κ3) is 5.68. The van der Waals surface area contributed by atoms with Gasteiger partial charge in [-0.1, -0.05) is 73.7 Å². The Morgan fingerprint density at radius 1 is 0.889 bits per heavy atom. The fourth-order valence-corrected chi connectivity index (χ4v) is 3.91. The smallest absolute Gasteiger partial charge is 0.0721 e. The van der Waals surface area contributed by atoms with Gasteiger partial charge in [0.2, 0.25) is 0 Å². The molecule has 0 atom stereocenters. The van der Waals surface area contributed by atoms with Gasteiger partial charge in [0.1, 0.15) is 0 Å². The number of ether oxygens (including phenoxy) is 1. The minimum absolute atomic E-state index is 0.667. The quantitative estimate of drug-likeness (QED) is 0.354. The lowest BCUT2D eigenvalue weighted by atomic mass is 9.78. The van der Waals surface area contributed by atoms with E-state index < -0.39 is 0 Å². The second-order valence-electron chi connectivity index (χ2n) is 7.56. The van der Waals surface area contributed by atoms with Crippen molar-refractivity contribution >= 4 is 0 Å². The minimum atomic E-state index is 0.667. The van der Waals surface area contributed by atoms with Crippen LogP contribution >= 0.6 is 0 Å². The van der Waals surface area contributed by atoms with Crippen LogP contribution < -0.4 is 0 Å². The van der Waals surface area contributed by atoms with Gasteiger partial charge >= 0.3 is 0 Å². The van der Waals surface area contributed by atoms with Crippen molar-refractivity contribution in [2.45, 2.75) is 51.6 Å². The summed E-state index contributed by atoms with van der Waals surface area (Å²) in [5.74, 6) is 1.45. The molecular formula is C26H32O. The second kappa shape index (κ2) is 10.3. The zero-order valence-corrected chi connectivity index (χ0v) is 16.6. The molecule has 1 nitrogen and oxygen atoms in total. The molecule has 1 aliphatic rings. The van der Waals surface area contributed by atoms with Crippen molar-refractivity contribution in [2.24, 2.45) is 5.92 Å². The highest BCUT2D eigenvalue weighted by Gasteiger charge is 2.20. The molecule has 0 unspecified atom stereocenters. The van der Waals surface area contributed by atoms with Gasteiger partial charge in [-0.05, 0) is 66.2 Å². The molecule has 1 aliphatic carbocycles. The first kappa shape index (κ1) is 19.6. The van der Waals surface area contributed by atoms with Crippen LogP contribution in [0.25, 0.3) is 11.1 Å². The lowest BCUT2D eigenvalue weighted by Crippen LogP contribution is -2.11. The Kier molecular flexibility index (Phi) is 7.47. The van der Waals surface area contributed by atoms with Gasteiger partial charge < -0.3 is 4.74 Å². The first-order chi connectivity index (χ1) is 13.3. The molecule has 1 saturated carbocycles. The van der Waals surface area contributed by atoms with Crippen LogP contribution in [0, 0.1) is 5.92 Å². The summed E-state index contributed by atoms with van der Waals surface area (Å²) in [6.45, 7) is 7.44. The van der Waals surface area contributed by atoms with Crippen molar-refractivity contribution in [3.05, 3.63) is 84.5 Å². The van der Waals surface area contributed by atoms with Crippen molar-refractivity contribution in [3.63, 3.8) is 0 Å². The monoisotopic (exact) mass is 360 g/mol. The van der Waals surface area contributed by atoms with Gasteiger partial charge in [-0.3, -0.25) is 0 Å². The van der Waals surface area contributed by atoms with E-state index in [0.29, 0.717) is 13.2 Å². The molecule has 1 fully saturated rings. The predicted molar refractivity (Wildman–Crippen MR) is 116 cm³/mol. The number of hydrogen-bond donors (Lipinski definition) is 0. The fourth-order valence-electron chi connectivity index (χ4n) is 3.91. The molecule has 2 aromatic rings. The highest BCUT2D eigenvalue weighted by molar-refractivity contribution is 5.64. The average Bonchev–Trinajstić information content (AvgIpc) is 2.74. The molecule has 142 valence electrons. The molecule has 0 aliphatic heterocycles. The van der Waals surface area contributed by atoms with Crippen LogP contribution in [0.5, 0.6) is 0 Å². The average molecular weight is 361 g/mol. The van der Waals surface area contributed by atoms with Gasteiger partial charge in [0.25, 0.3) is 0 Å². The lowest BCUT2D eigenvalue weighted by molar-refractivity contribution is 0.148. The van der Waals surface area contributed by atoms with Crippen LogP contribution in [0.15, 0.2) is 73.3 Å². The molecule has 0 saturated heterocycles. The number of allylic oxidation sites excluding steroid dienone is 2. The van der Waals surface area contributed by atoms with Gasteiger partial charge in [0.15, 0.2) is 0 Å². The summed E-state index contributed by atoms with van der Waals surface area (Å²) >= 11 is 0. The summed E-state index contributed by atoms with van der Waals surface area (Å²) in [6.07, 6.45) is 12.6. The molecule has 27 heavy (non-hydrogen) atoms. The topological polar surface area (TPSA) is 9.23 Å². The van der Waals surface area contributed by atoms with E-state index in [-0.39, 0.29) is 0 Å². The molecule has 0 heterocycles. The SMILES string of the molecule is C=C[C@H]1CC[C@H](c2ccc(-c3ccc(COCC=CCC)cc3)cc2)CC1. The van der Waals surface area contributed by atoms with Crippen molar-refractivity contribution in [1.29, 1.82) is 0 Å². The van der Waals surface area contributed by atoms with E-state index in [1.54, 1.807) is 0 Å². The summed E-state index contributed by atoms with van der Waals surface area (Å²) < 4.78 is 5.67. The molecule has 0 spiro atoms. The van der Waals surface area contributed by atoms with Gasteiger partial charge in [-0.15, -0.1) is 6.58 Å². The maximum Gasteiger partial charge on any atom is 0.0721 e. The summed E-state index contributed by atoms with van der Waals surface area (Å²) in [5.41, 5.74) is 5.27. The van der Waals surface area contributed by atoms with E-state index in [1.165, 1.54) is 47.9 Å². The molecular weight excluding hydrogens is 328 g/mol. The van der Waals surface area contributed by atoms with Crippen LogP contribution in [0.2, 0.25) is 0 Å². The number of hydrogen-bond acceptors (Lipinski definition) is 1. The van der Waals surface area contributed by atoms with Crippen LogP contribution in [0.4, 0.5) is 0 Å². The second-order valence-corrected chi connectivity index (χ2v) is 7.56. The zero-order chi connectivity index (χ0) is 18.9. The minimum Gasteiger partial charge on any atom is -0.373 e. The largest absolute Gasteiger partial charge is 0.373 e. The van der Waals surface area contributed by atoms with E-state index in [4.69, 9.17) is 4.74 Å². The normalized spacial score (nSPS) is 20.0. The first-order valence-electron chi connectivity index (χ1n) is 10.3. The van der Waals surface area contributed by atoms with Crippen LogP contribution in [0.1, 0.15) is 56.1 Å². The van der Waals surface area contributed by atoms with Crippen molar-refractivity contribution < 1.29 is 4.74 Å². The maximum absolute atomic E-state index is 5.67. The Labute approximate surface area is 164 Å². The van der Waals surface area contributed by atoms with E-state index in [1.807, 2.05) is 0 Å². The molecule has 2 aromatic carbocycles. The van der Waals surface area contributed by atoms with Gasteiger partial charge in [0.05, 0.1) is 13.2 Å². The van der Waals surface area contributed by atoms with Crippen LogP contribution in [0.3, 0.4) is 0 Å². The van der Waals surface area contributed by atoms with E-state index in [9.17, 15) is 0 Å². The highest BCUT2D eigenvalue weighted by Crippen LogP contribution is 2.36. The fraction of sp³-hybridized carbons (Fsp3) is 0.385. The highest BCUT2D eigenvalue weighted by atomic mass is 16.5. The molecule has 0 bridgehead atoms. The Morgan fingerprint density at radius 3 is 2.11 bits per heavy atom. The Hall–Kier alpha value is -2.12. The molecule has 0 amide bonds. The molecule has 0 radical (unpaired) electrons. The summed E-state index contributed by atoms with van der Waals surface area (Å²) in [5, 5.41) is 0. The molecule has 3 rings (SSSR count). The summed E-state index contributed by atoms with van der Waals surface area (Å²) in [7, 11) is 0. The first-order valence-corrected chi connectivity index (χ1v) is 10.3. The lowest BCUT2D eigenvalue weighted by Gasteiger charge is -2.27. The molecule has 1 heteroatoms. The van der Waals surface area contributed by atoms with Crippen molar-refractivity contribution in [3.8, 4) is 11.1 Å². The summed E-state index contributed by atoms with van der Waals surface area (Å²) in [6, 6.07) is 17.9. The Bertz CT molecular complexity index is 716. The third-order valence-electron chi connectivity index (χ3n) is 5.66. The van der Waals surface area contributed by atoms with Gasteiger partial charge in [0, 0.05) is 0 Å². The van der Waals surface area contributed by atoms with Crippen molar-refractivity contribution in [2.75, 3.05) is 6.61 Å². The van der Waals surface area contributed by atoms with Crippen molar-refractivity contribution in [1.82, 2.24) is 0 Å². The van der Waals surface area contributed by atoms with Crippen LogP contribution in [-0.4, -0.2) is 6.61 Å².